The summed E-state index contributed by atoms with van der Waals surface area (Å²) >= 11 is 6.31. The van der Waals surface area contributed by atoms with Crippen molar-refractivity contribution < 1.29 is 8.42 Å². The van der Waals surface area contributed by atoms with Crippen LogP contribution in [0.4, 0.5) is 5.69 Å². The van der Waals surface area contributed by atoms with Crippen LogP contribution in [-0.2, 0) is 10.0 Å². The number of sulfonamides is 1. The van der Waals surface area contributed by atoms with Crippen LogP contribution in [0.15, 0.2) is 53.6 Å². The molecule has 4 nitrogen and oxygen atoms in total. The normalized spacial score (nSPS) is 15.1. The molecule has 0 unspecified atom stereocenters. The molecule has 0 fully saturated rings. The zero-order chi connectivity index (χ0) is 14.6. The molecule has 4 rings (SSSR count). The predicted octanol–water partition coefficient (Wildman–Crippen LogP) is 3.67. The van der Waals surface area contributed by atoms with Gasteiger partial charge in [0.25, 0.3) is 10.0 Å². The number of fused-ring (bicyclic) bond motifs is 5. The second-order valence-electron chi connectivity index (χ2n) is 4.78. The van der Waals surface area contributed by atoms with Gasteiger partial charge in [0.05, 0.1) is 21.1 Å². The Balaban J connectivity index is 2.21. The Kier molecular flexibility index (Phi) is 2.52. The summed E-state index contributed by atoms with van der Waals surface area (Å²) in [6, 6.07) is 12.2. The zero-order valence-corrected chi connectivity index (χ0v) is 12.2. The topological polar surface area (TPSA) is 59.1 Å². The Morgan fingerprint density at radius 2 is 1.86 bits per heavy atom. The Bertz CT molecular complexity index is 1000. The van der Waals surface area contributed by atoms with Crippen molar-refractivity contribution >= 4 is 38.2 Å². The van der Waals surface area contributed by atoms with E-state index in [1.165, 1.54) is 0 Å². The van der Waals surface area contributed by atoms with Gasteiger partial charge in [-0.15, -0.1) is 0 Å². The number of nitrogens with zero attached hydrogens (tertiary/aromatic N) is 1. The first-order valence-electron chi connectivity index (χ1n) is 6.27. The molecule has 0 atom stereocenters. The van der Waals surface area contributed by atoms with Gasteiger partial charge in [-0.05, 0) is 24.3 Å². The Morgan fingerprint density at radius 3 is 2.71 bits per heavy atom. The fourth-order valence-corrected chi connectivity index (χ4v) is 4.20. The number of pyridine rings is 1. The molecule has 0 saturated heterocycles. The minimum atomic E-state index is -3.59. The monoisotopic (exact) mass is 316 g/mol. The van der Waals surface area contributed by atoms with Crippen molar-refractivity contribution in [1.29, 1.82) is 0 Å². The molecule has 0 bridgehead atoms. The van der Waals surface area contributed by atoms with Crippen LogP contribution in [0.5, 0.6) is 0 Å². The van der Waals surface area contributed by atoms with E-state index in [0.29, 0.717) is 21.8 Å². The highest BCUT2D eigenvalue weighted by Gasteiger charge is 2.29. The van der Waals surface area contributed by atoms with Crippen LogP contribution in [-0.4, -0.2) is 13.4 Å². The van der Waals surface area contributed by atoms with Crippen LogP contribution in [0.3, 0.4) is 0 Å². The molecule has 104 valence electrons. The number of anilines is 1. The van der Waals surface area contributed by atoms with Gasteiger partial charge in [0.15, 0.2) is 0 Å². The molecule has 3 aromatic rings. The molecule has 2 heterocycles. The zero-order valence-electron chi connectivity index (χ0n) is 10.7. The second-order valence-corrected chi connectivity index (χ2v) is 6.84. The van der Waals surface area contributed by atoms with Crippen LogP contribution in [0.2, 0.25) is 5.02 Å². The van der Waals surface area contributed by atoms with Crippen LogP contribution < -0.4 is 4.72 Å². The van der Waals surface area contributed by atoms with E-state index in [1.54, 1.807) is 42.6 Å². The van der Waals surface area contributed by atoms with E-state index in [-0.39, 0.29) is 4.90 Å². The van der Waals surface area contributed by atoms with Crippen LogP contribution >= 0.6 is 11.6 Å². The molecule has 1 aromatic heterocycles. The van der Waals surface area contributed by atoms with Gasteiger partial charge in [-0.25, -0.2) is 8.42 Å². The highest BCUT2D eigenvalue weighted by molar-refractivity contribution is 7.93. The van der Waals surface area contributed by atoms with Crippen molar-refractivity contribution in [1.82, 2.24) is 4.98 Å². The first-order valence-corrected chi connectivity index (χ1v) is 8.13. The number of rotatable bonds is 0. The minimum Gasteiger partial charge on any atom is -0.277 e. The Labute approximate surface area is 126 Å². The van der Waals surface area contributed by atoms with Crippen molar-refractivity contribution in [2.75, 3.05) is 4.72 Å². The molecular weight excluding hydrogens is 308 g/mol. The van der Waals surface area contributed by atoms with Gasteiger partial charge in [-0.3, -0.25) is 9.71 Å². The number of halogens is 1. The van der Waals surface area contributed by atoms with Gasteiger partial charge < -0.3 is 0 Å². The number of benzene rings is 2. The molecule has 0 spiro atoms. The average molecular weight is 317 g/mol. The van der Waals surface area contributed by atoms with Gasteiger partial charge in [0.2, 0.25) is 0 Å². The van der Waals surface area contributed by atoms with E-state index in [4.69, 9.17) is 11.6 Å². The second kappa shape index (κ2) is 4.19. The summed E-state index contributed by atoms with van der Waals surface area (Å²) in [7, 11) is -3.59. The predicted molar refractivity (Wildman–Crippen MR) is 83.0 cm³/mol. The maximum atomic E-state index is 12.4. The van der Waals surface area contributed by atoms with E-state index in [2.05, 4.69) is 9.71 Å². The highest BCUT2D eigenvalue weighted by atomic mass is 35.5. The van der Waals surface area contributed by atoms with Crippen molar-refractivity contribution in [2.24, 2.45) is 0 Å². The third-order valence-electron chi connectivity index (χ3n) is 3.55. The van der Waals surface area contributed by atoms with Crippen LogP contribution in [0, 0.1) is 0 Å². The third kappa shape index (κ3) is 1.74. The largest absolute Gasteiger partial charge is 0.277 e. The van der Waals surface area contributed by atoms with Crippen LogP contribution in [0.25, 0.3) is 22.0 Å². The number of nitrogens with one attached hydrogen (secondary N) is 1. The summed E-state index contributed by atoms with van der Waals surface area (Å²) in [6.45, 7) is 0. The summed E-state index contributed by atoms with van der Waals surface area (Å²) in [6.07, 6.45) is 1.62. The van der Waals surface area contributed by atoms with E-state index < -0.39 is 10.0 Å². The van der Waals surface area contributed by atoms with Gasteiger partial charge in [0.1, 0.15) is 0 Å². The van der Waals surface area contributed by atoms with E-state index in [0.717, 1.165) is 10.9 Å². The quantitative estimate of drug-likeness (QED) is 0.688. The lowest BCUT2D eigenvalue weighted by molar-refractivity contribution is 0.601. The molecule has 0 saturated carbocycles. The van der Waals surface area contributed by atoms with Crippen molar-refractivity contribution in [3.63, 3.8) is 0 Å². The molecule has 1 aliphatic heterocycles. The SMILES string of the molecule is O=S1(=O)Nc2c(cc(Cl)c3cccnc23)-c2ccccc21. The summed E-state index contributed by atoms with van der Waals surface area (Å²) < 4.78 is 27.4. The fraction of sp³-hybridized carbons (Fsp3) is 0. The maximum absolute atomic E-state index is 12.4. The van der Waals surface area contributed by atoms with E-state index in [1.807, 2.05) is 6.07 Å². The van der Waals surface area contributed by atoms with Gasteiger partial charge in [-0.1, -0.05) is 29.8 Å². The average Bonchev–Trinajstić information content (AvgIpc) is 2.49. The fourth-order valence-electron chi connectivity index (χ4n) is 2.63. The van der Waals surface area contributed by atoms with Crippen LogP contribution in [0.1, 0.15) is 0 Å². The van der Waals surface area contributed by atoms with E-state index >= 15 is 0 Å². The number of hydrogen-bond acceptors (Lipinski definition) is 3. The molecule has 2 aromatic carbocycles. The lowest BCUT2D eigenvalue weighted by Crippen LogP contribution is -2.19. The van der Waals surface area contributed by atoms with Gasteiger partial charge in [0, 0.05) is 22.7 Å². The summed E-state index contributed by atoms with van der Waals surface area (Å²) in [5, 5.41) is 1.27. The maximum Gasteiger partial charge on any atom is 0.262 e. The smallest absolute Gasteiger partial charge is 0.262 e. The van der Waals surface area contributed by atoms with E-state index in [9.17, 15) is 8.42 Å². The molecule has 6 heteroatoms. The van der Waals surface area contributed by atoms with Crippen molar-refractivity contribution in [3.8, 4) is 11.1 Å². The molecule has 21 heavy (non-hydrogen) atoms. The molecule has 0 amide bonds. The summed E-state index contributed by atoms with van der Waals surface area (Å²) in [4.78, 5) is 4.54. The molecule has 1 aliphatic rings. The highest BCUT2D eigenvalue weighted by Crippen LogP contribution is 2.44. The standard InChI is InChI=1S/C15H9ClN2O2S/c16-12-8-11-9-4-1-2-6-13(9)21(19,20)18-15(11)14-10(12)5-3-7-17-14/h1-8,18H. The Morgan fingerprint density at radius 1 is 1.05 bits per heavy atom. The lowest BCUT2D eigenvalue weighted by atomic mass is 10.0. The minimum absolute atomic E-state index is 0.254. The molecule has 0 aliphatic carbocycles. The number of aromatic nitrogens is 1. The number of hydrogen-bond donors (Lipinski definition) is 1. The summed E-state index contributed by atoms with van der Waals surface area (Å²) in [5.74, 6) is 0. The molecule has 0 radical (unpaired) electrons. The first-order chi connectivity index (χ1) is 10.1. The molecule has 1 N–H and O–H groups in total. The molecular formula is C15H9ClN2O2S. The van der Waals surface area contributed by atoms with Gasteiger partial charge >= 0.3 is 0 Å². The summed E-state index contributed by atoms with van der Waals surface area (Å²) in [5.41, 5.74) is 2.42. The van der Waals surface area contributed by atoms with Crippen molar-refractivity contribution in [3.05, 3.63) is 53.7 Å². The third-order valence-corrected chi connectivity index (χ3v) is 5.27. The first kappa shape index (κ1) is 12.6. The van der Waals surface area contributed by atoms with Gasteiger partial charge in [-0.2, -0.15) is 0 Å². The van der Waals surface area contributed by atoms with Crippen molar-refractivity contribution in [2.45, 2.75) is 4.90 Å². The lowest BCUT2D eigenvalue weighted by Gasteiger charge is -2.22. The Hall–Kier alpha value is -2.11.